The minimum Gasteiger partial charge on any atom is -0.481 e. The molecule has 1 rings (SSSR count). The summed E-state index contributed by atoms with van der Waals surface area (Å²) in [6.07, 6.45) is 3.96. The number of aromatic nitrogens is 1. The van der Waals surface area contributed by atoms with Crippen LogP contribution in [0.15, 0.2) is 23.3 Å². The fourth-order valence-electron chi connectivity index (χ4n) is 1.95. The van der Waals surface area contributed by atoms with E-state index in [1.807, 2.05) is 12.1 Å². The number of nitrogens with zero attached hydrogens (tertiary/aromatic N) is 2. The van der Waals surface area contributed by atoms with Crippen LogP contribution >= 0.6 is 0 Å². The van der Waals surface area contributed by atoms with Gasteiger partial charge >= 0.3 is 0 Å². The molecule has 0 amide bonds. The topological polar surface area (TPSA) is 77.0 Å². The molecule has 7 heteroatoms. The Morgan fingerprint density at radius 2 is 1.96 bits per heavy atom. The second-order valence-corrected chi connectivity index (χ2v) is 5.10. The van der Waals surface area contributed by atoms with E-state index in [2.05, 4.69) is 27.5 Å². The van der Waals surface area contributed by atoms with Gasteiger partial charge in [-0.25, -0.2) is 4.98 Å². The normalized spacial score (nSPS) is 11.4. The van der Waals surface area contributed by atoms with Gasteiger partial charge in [0.25, 0.3) is 0 Å². The van der Waals surface area contributed by atoms with Crippen LogP contribution in [0.25, 0.3) is 0 Å². The van der Waals surface area contributed by atoms with Gasteiger partial charge in [-0.15, -0.1) is 0 Å². The lowest BCUT2D eigenvalue weighted by Gasteiger charge is -2.13. The zero-order chi connectivity index (χ0) is 17.5. The molecule has 1 aromatic rings. The Hall–Kier alpha value is -1.86. The number of ether oxygens (including phenoxy) is 3. The van der Waals surface area contributed by atoms with Gasteiger partial charge < -0.3 is 24.8 Å². The van der Waals surface area contributed by atoms with Gasteiger partial charge in [-0.05, 0) is 12.5 Å². The molecule has 0 radical (unpaired) electrons. The molecule has 24 heavy (non-hydrogen) atoms. The van der Waals surface area contributed by atoms with Gasteiger partial charge in [-0.3, -0.25) is 4.99 Å². The Kier molecular flexibility index (Phi) is 11.4. The number of unbranched alkanes of at least 4 members (excludes halogenated alkanes) is 1. The molecular weight excluding hydrogens is 308 g/mol. The summed E-state index contributed by atoms with van der Waals surface area (Å²) in [6, 6.07) is 3.85. The van der Waals surface area contributed by atoms with Crippen LogP contribution in [0.2, 0.25) is 0 Å². The highest BCUT2D eigenvalue weighted by Crippen LogP contribution is 2.12. The summed E-state index contributed by atoms with van der Waals surface area (Å²) in [4.78, 5) is 8.35. The van der Waals surface area contributed by atoms with E-state index in [9.17, 15) is 0 Å². The molecule has 0 aliphatic heterocycles. The van der Waals surface area contributed by atoms with Crippen molar-refractivity contribution in [3.05, 3.63) is 23.9 Å². The van der Waals surface area contributed by atoms with Crippen LogP contribution in [0.1, 0.15) is 25.3 Å². The minimum atomic E-state index is 0.586. The first-order valence-electron chi connectivity index (χ1n) is 8.39. The molecule has 136 valence electrons. The first-order valence-corrected chi connectivity index (χ1v) is 8.39. The molecule has 0 fully saturated rings. The largest absolute Gasteiger partial charge is 0.481 e. The van der Waals surface area contributed by atoms with Crippen LogP contribution in [0, 0.1) is 0 Å². The summed E-state index contributed by atoms with van der Waals surface area (Å²) in [6.45, 7) is 6.09. The molecule has 0 aliphatic rings. The minimum absolute atomic E-state index is 0.586. The molecule has 1 heterocycles. The highest BCUT2D eigenvalue weighted by Gasteiger charge is 2.04. The van der Waals surface area contributed by atoms with Gasteiger partial charge in [-0.1, -0.05) is 19.4 Å². The van der Waals surface area contributed by atoms with Gasteiger partial charge in [0.1, 0.15) is 0 Å². The van der Waals surface area contributed by atoms with Crippen molar-refractivity contribution in [3.8, 4) is 5.88 Å². The average molecular weight is 338 g/mol. The Morgan fingerprint density at radius 1 is 1.17 bits per heavy atom. The molecule has 1 aromatic heterocycles. The number of rotatable bonds is 12. The van der Waals surface area contributed by atoms with E-state index in [1.165, 1.54) is 0 Å². The van der Waals surface area contributed by atoms with Crippen molar-refractivity contribution in [1.29, 1.82) is 0 Å². The van der Waals surface area contributed by atoms with Crippen LogP contribution in [0.3, 0.4) is 0 Å². The quantitative estimate of drug-likeness (QED) is 0.342. The van der Waals surface area contributed by atoms with Gasteiger partial charge in [-0.2, -0.15) is 0 Å². The maximum atomic E-state index is 5.51. The molecule has 2 N–H and O–H groups in total. The molecular formula is C17H30N4O3. The maximum absolute atomic E-state index is 5.51. The van der Waals surface area contributed by atoms with E-state index < -0.39 is 0 Å². The van der Waals surface area contributed by atoms with Crippen molar-refractivity contribution in [2.75, 3.05) is 47.1 Å². The number of pyridine rings is 1. The zero-order valence-electron chi connectivity index (χ0n) is 15.0. The Labute approximate surface area is 144 Å². The highest BCUT2D eigenvalue weighted by atomic mass is 16.5. The summed E-state index contributed by atoms with van der Waals surface area (Å²) in [7, 11) is 3.35. The molecule has 0 spiro atoms. The number of guanidine groups is 1. The van der Waals surface area contributed by atoms with Gasteiger partial charge in [0, 0.05) is 38.5 Å². The fraction of sp³-hybridized carbons (Fsp3) is 0.647. The van der Waals surface area contributed by atoms with Crippen molar-refractivity contribution < 1.29 is 14.2 Å². The van der Waals surface area contributed by atoms with Gasteiger partial charge in [0.2, 0.25) is 5.88 Å². The van der Waals surface area contributed by atoms with Crippen molar-refractivity contribution in [2.45, 2.75) is 26.3 Å². The first-order chi connectivity index (χ1) is 11.8. The van der Waals surface area contributed by atoms with Crippen LogP contribution in [-0.2, 0) is 16.0 Å². The molecule has 0 aliphatic carbocycles. The predicted molar refractivity (Wildman–Crippen MR) is 95.5 cm³/mol. The lowest BCUT2D eigenvalue weighted by molar-refractivity contribution is 0.0487. The van der Waals surface area contributed by atoms with Crippen LogP contribution in [0.5, 0.6) is 5.88 Å². The third kappa shape index (κ3) is 8.69. The Bertz CT molecular complexity index is 469. The maximum Gasteiger partial charge on any atom is 0.218 e. The number of methoxy groups -OCH3 is 1. The predicted octanol–water partition coefficient (Wildman–Crippen LogP) is 1.59. The monoisotopic (exact) mass is 338 g/mol. The van der Waals surface area contributed by atoms with Crippen LogP contribution in [-0.4, -0.2) is 58.1 Å². The summed E-state index contributed by atoms with van der Waals surface area (Å²) in [5.41, 5.74) is 0.975. The number of hydrogen-bond acceptors (Lipinski definition) is 5. The smallest absolute Gasteiger partial charge is 0.218 e. The highest BCUT2D eigenvalue weighted by molar-refractivity contribution is 5.79. The second kappa shape index (κ2) is 13.6. The number of hydrogen-bond donors (Lipinski definition) is 2. The van der Waals surface area contributed by atoms with E-state index in [-0.39, 0.29) is 0 Å². The van der Waals surface area contributed by atoms with Crippen molar-refractivity contribution >= 4 is 5.96 Å². The lowest BCUT2D eigenvalue weighted by Crippen LogP contribution is -2.38. The average Bonchev–Trinajstić information content (AvgIpc) is 2.63. The molecule has 0 bridgehead atoms. The van der Waals surface area contributed by atoms with Gasteiger partial charge in [0.15, 0.2) is 5.96 Å². The molecule has 0 unspecified atom stereocenters. The molecule has 0 atom stereocenters. The standard InChI is InChI=1S/C17H30N4O3/c1-4-5-10-23-12-13-24-11-9-20-17(18-2)21-14-15-7-6-8-19-16(15)22-3/h6-8H,4-5,9-14H2,1-3H3,(H2,18,20,21). The van der Waals surface area contributed by atoms with E-state index in [1.54, 1.807) is 20.4 Å². The first kappa shape index (κ1) is 20.2. The van der Waals surface area contributed by atoms with E-state index in [0.717, 1.165) is 25.0 Å². The van der Waals surface area contributed by atoms with Crippen molar-refractivity contribution in [2.24, 2.45) is 4.99 Å². The molecule has 0 saturated carbocycles. The van der Waals surface area contributed by atoms with Gasteiger partial charge in [0.05, 0.1) is 26.9 Å². The third-order valence-electron chi connectivity index (χ3n) is 3.27. The summed E-state index contributed by atoms with van der Waals surface area (Å²) in [5.74, 6) is 1.33. The summed E-state index contributed by atoms with van der Waals surface area (Å²) < 4.78 is 16.2. The van der Waals surface area contributed by atoms with Crippen LogP contribution < -0.4 is 15.4 Å². The van der Waals surface area contributed by atoms with Crippen molar-refractivity contribution in [1.82, 2.24) is 15.6 Å². The zero-order valence-corrected chi connectivity index (χ0v) is 15.0. The Morgan fingerprint density at radius 3 is 2.67 bits per heavy atom. The molecule has 0 saturated heterocycles. The lowest BCUT2D eigenvalue weighted by atomic mass is 10.3. The van der Waals surface area contributed by atoms with E-state index in [0.29, 0.717) is 44.7 Å². The van der Waals surface area contributed by atoms with E-state index in [4.69, 9.17) is 14.2 Å². The fourth-order valence-corrected chi connectivity index (χ4v) is 1.95. The summed E-state index contributed by atoms with van der Waals surface area (Å²) in [5, 5.41) is 6.42. The molecule has 7 nitrogen and oxygen atoms in total. The number of nitrogens with one attached hydrogen (secondary N) is 2. The molecule has 0 aromatic carbocycles. The third-order valence-corrected chi connectivity index (χ3v) is 3.27. The van der Waals surface area contributed by atoms with Crippen LogP contribution in [0.4, 0.5) is 0 Å². The summed E-state index contributed by atoms with van der Waals surface area (Å²) >= 11 is 0. The Balaban J connectivity index is 2.13. The second-order valence-electron chi connectivity index (χ2n) is 5.10. The van der Waals surface area contributed by atoms with Crippen molar-refractivity contribution in [3.63, 3.8) is 0 Å². The van der Waals surface area contributed by atoms with E-state index >= 15 is 0 Å². The number of aliphatic imine (C=N–C) groups is 1. The SMILES string of the molecule is CCCCOCCOCCNC(=NC)NCc1cccnc1OC.